The fourth-order valence-electron chi connectivity index (χ4n) is 2.12. The van der Waals surface area contributed by atoms with E-state index in [-0.39, 0.29) is 5.82 Å². The van der Waals surface area contributed by atoms with Crippen LogP contribution in [0.5, 0.6) is 0 Å². The summed E-state index contributed by atoms with van der Waals surface area (Å²) in [5, 5.41) is 0. The molecule has 0 bridgehead atoms. The number of ether oxygens (including phenoxy) is 1. The van der Waals surface area contributed by atoms with Crippen molar-refractivity contribution in [1.29, 1.82) is 0 Å². The number of aromatic amines is 1. The molecule has 0 radical (unpaired) electrons. The van der Waals surface area contributed by atoms with Gasteiger partial charge < -0.3 is 9.72 Å². The molecule has 0 saturated heterocycles. The van der Waals surface area contributed by atoms with E-state index >= 15 is 0 Å². The summed E-state index contributed by atoms with van der Waals surface area (Å²) >= 11 is 0. The summed E-state index contributed by atoms with van der Waals surface area (Å²) in [7, 11) is 1.35. The number of aromatic nitrogens is 1. The number of carbonyl (C=O) groups excluding carboxylic acids is 1. The van der Waals surface area contributed by atoms with Crippen molar-refractivity contribution in [3.63, 3.8) is 0 Å². The molecule has 4 heteroatoms. The number of aryl methyl sites for hydroxylation is 2. The second-order valence-corrected chi connectivity index (χ2v) is 4.12. The number of carbonyl (C=O) groups is 1. The normalized spacial score (nSPS) is 10.4. The Hall–Kier alpha value is -2.10. The second kappa shape index (κ2) is 4.64. The van der Waals surface area contributed by atoms with Gasteiger partial charge in [-0.2, -0.15) is 0 Å². The number of hydrogen-bond donors (Lipinski definition) is 1. The molecule has 1 heterocycles. The Kier molecular flexibility index (Phi) is 3.19. The third kappa shape index (κ3) is 2.01. The molecule has 0 unspecified atom stereocenters. The lowest BCUT2D eigenvalue weighted by Gasteiger charge is -2.05. The first-order valence-electron chi connectivity index (χ1n) is 5.58. The summed E-state index contributed by atoms with van der Waals surface area (Å²) in [6.45, 7) is 3.68. The molecule has 0 saturated carbocycles. The summed E-state index contributed by atoms with van der Waals surface area (Å²) in [6, 6.07) is 6.05. The van der Waals surface area contributed by atoms with E-state index in [1.54, 1.807) is 12.1 Å². The van der Waals surface area contributed by atoms with Crippen molar-refractivity contribution >= 4 is 5.97 Å². The maximum absolute atomic E-state index is 12.9. The Morgan fingerprint density at radius 1 is 1.17 bits per heavy atom. The first-order chi connectivity index (χ1) is 8.54. The number of nitrogens with one attached hydrogen (secondary N) is 1. The molecular formula is C14H14FNO2. The predicted octanol–water partition coefficient (Wildman–Crippen LogP) is 3.22. The molecule has 18 heavy (non-hydrogen) atoms. The standard InChI is InChI=1S/C14H14FNO2/c1-8-12(10-4-6-11(15)7-5-10)13(9(2)16-8)14(17)18-3/h4-7,16H,1-3H3. The highest BCUT2D eigenvalue weighted by atomic mass is 19.1. The molecule has 2 rings (SSSR count). The smallest absolute Gasteiger partial charge is 0.340 e. The lowest BCUT2D eigenvalue weighted by molar-refractivity contribution is 0.0601. The maximum Gasteiger partial charge on any atom is 0.340 e. The van der Waals surface area contributed by atoms with Gasteiger partial charge in [0.15, 0.2) is 0 Å². The number of halogens is 1. The van der Waals surface area contributed by atoms with Crippen molar-refractivity contribution in [2.24, 2.45) is 0 Å². The Bertz CT molecular complexity index is 585. The minimum Gasteiger partial charge on any atom is -0.465 e. The van der Waals surface area contributed by atoms with E-state index in [1.165, 1.54) is 19.2 Å². The molecule has 0 aliphatic rings. The van der Waals surface area contributed by atoms with Gasteiger partial charge in [-0.1, -0.05) is 12.1 Å². The molecule has 94 valence electrons. The maximum atomic E-state index is 12.9. The molecule has 1 aromatic heterocycles. The van der Waals surface area contributed by atoms with Gasteiger partial charge in [0.2, 0.25) is 0 Å². The number of benzene rings is 1. The van der Waals surface area contributed by atoms with Crippen LogP contribution in [0.3, 0.4) is 0 Å². The van der Waals surface area contributed by atoms with E-state index in [9.17, 15) is 9.18 Å². The zero-order chi connectivity index (χ0) is 13.3. The van der Waals surface area contributed by atoms with E-state index in [1.807, 2.05) is 13.8 Å². The molecule has 0 spiro atoms. The van der Waals surface area contributed by atoms with Crippen LogP contribution in [0.25, 0.3) is 11.1 Å². The number of hydrogen-bond acceptors (Lipinski definition) is 2. The molecule has 2 aromatic rings. The molecule has 1 aromatic carbocycles. The van der Waals surface area contributed by atoms with Gasteiger partial charge in [-0.15, -0.1) is 0 Å². The van der Waals surface area contributed by atoms with Crippen LogP contribution in [-0.4, -0.2) is 18.1 Å². The minimum absolute atomic E-state index is 0.303. The van der Waals surface area contributed by atoms with Gasteiger partial charge in [0.25, 0.3) is 0 Å². The first-order valence-corrected chi connectivity index (χ1v) is 5.58. The van der Waals surface area contributed by atoms with Crippen molar-refractivity contribution in [2.75, 3.05) is 7.11 Å². The summed E-state index contributed by atoms with van der Waals surface area (Å²) < 4.78 is 17.7. The summed E-state index contributed by atoms with van der Waals surface area (Å²) in [5.74, 6) is -0.695. The highest BCUT2D eigenvalue weighted by Crippen LogP contribution is 2.30. The van der Waals surface area contributed by atoms with Gasteiger partial charge in [-0.05, 0) is 31.5 Å². The van der Waals surface area contributed by atoms with E-state index < -0.39 is 5.97 Å². The van der Waals surface area contributed by atoms with Crippen LogP contribution >= 0.6 is 0 Å². The molecule has 0 aliphatic carbocycles. The zero-order valence-electron chi connectivity index (χ0n) is 10.5. The summed E-state index contributed by atoms with van der Waals surface area (Å²) in [6.07, 6.45) is 0. The van der Waals surface area contributed by atoms with Gasteiger partial charge in [-0.3, -0.25) is 0 Å². The molecule has 0 atom stereocenters. The van der Waals surface area contributed by atoms with Gasteiger partial charge in [-0.25, -0.2) is 9.18 Å². The van der Waals surface area contributed by atoms with E-state index in [0.717, 1.165) is 22.5 Å². The molecule has 3 nitrogen and oxygen atoms in total. The minimum atomic E-state index is -0.392. The number of methoxy groups -OCH3 is 1. The van der Waals surface area contributed by atoms with Crippen molar-refractivity contribution in [1.82, 2.24) is 4.98 Å². The molecular weight excluding hydrogens is 233 g/mol. The van der Waals surface area contributed by atoms with Crippen molar-refractivity contribution in [3.05, 3.63) is 47.0 Å². The molecule has 0 amide bonds. The van der Waals surface area contributed by atoms with Crippen LogP contribution in [0.2, 0.25) is 0 Å². The Labute approximate surface area is 105 Å². The van der Waals surface area contributed by atoms with Crippen LogP contribution < -0.4 is 0 Å². The van der Waals surface area contributed by atoms with Gasteiger partial charge in [0.05, 0.1) is 12.7 Å². The van der Waals surface area contributed by atoms with E-state index in [0.29, 0.717) is 5.56 Å². The van der Waals surface area contributed by atoms with Crippen molar-refractivity contribution in [3.8, 4) is 11.1 Å². The van der Waals surface area contributed by atoms with Crippen LogP contribution in [-0.2, 0) is 4.74 Å². The average Bonchev–Trinajstić information content (AvgIpc) is 2.64. The van der Waals surface area contributed by atoms with Crippen LogP contribution in [0.1, 0.15) is 21.7 Å². The third-order valence-electron chi connectivity index (χ3n) is 2.90. The van der Waals surface area contributed by atoms with Crippen molar-refractivity contribution < 1.29 is 13.9 Å². The number of rotatable bonds is 2. The predicted molar refractivity (Wildman–Crippen MR) is 67.0 cm³/mol. The van der Waals surface area contributed by atoms with Gasteiger partial charge in [0, 0.05) is 17.0 Å². The fraction of sp³-hybridized carbons (Fsp3) is 0.214. The first kappa shape index (κ1) is 12.4. The van der Waals surface area contributed by atoms with E-state index in [4.69, 9.17) is 4.74 Å². The van der Waals surface area contributed by atoms with E-state index in [2.05, 4.69) is 4.98 Å². The highest BCUT2D eigenvalue weighted by Gasteiger charge is 2.20. The third-order valence-corrected chi connectivity index (χ3v) is 2.90. The molecule has 0 aliphatic heterocycles. The van der Waals surface area contributed by atoms with Crippen LogP contribution in [0.15, 0.2) is 24.3 Å². The zero-order valence-corrected chi connectivity index (χ0v) is 10.5. The SMILES string of the molecule is COC(=O)c1c(C)[nH]c(C)c1-c1ccc(F)cc1. The quantitative estimate of drug-likeness (QED) is 0.828. The summed E-state index contributed by atoms with van der Waals surface area (Å²) in [4.78, 5) is 14.9. The Balaban J connectivity index is 2.63. The topological polar surface area (TPSA) is 42.1 Å². The van der Waals surface area contributed by atoms with Crippen LogP contribution in [0, 0.1) is 19.7 Å². The average molecular weight is 247 g/mol. The Morgan fingerprint density at radius 2 is 1.78 bits per heavy atom. The van der Waals surface area contributed by atoms with Crippen molar-refractivity contribution in [2.45, 2.75) is 13.8 Å². The molecule has 0 fully saturated rings. The second-order valence-electron chi connectivity index (χ2n) is 4.12. The number of H-pyrrole nitrogens is 1. The summed E-state index contributed by atoms with van der Waals surface area (Å²) in [5.41, 5.74) is 3.66. The largest absolute Gasteiger partial charge is 0.465 e. The fourth-order valence-corrected chi connectivity index (χ4v) is 2.12. The lowest BCUT2D eigenvalue weighted by atomic mass is 10.0. The Morgan fingerprint density at radius 3 is 2.33 bits per heavy atom. The van der Waals surface area contributed by atoms with Gasteiger partial charge >= 0.3 is 5.97 Å². The highest BCUT2D eigenvalue weighted by molar-refractivity contribution is 5.99. The monoisotopic (exact) mass is 247 g/mol. The van der Waals surface area contributed by atoms with Crippen LogP contribution in [0.4, 0.5) is 4.39 Å². The lowest BCUT2D eigenvalue weighted by Crippen LogP contribution is -2.03. The van der Waals surface area contributed by atoms with Gasteiger partial charge in [0.1, 0.15) is 5.82 Å². The molecule has 1 N–H and O–H groups in total. The number of esters is 1.